The van der Waals surface area contributed by atoms with Gasteiger partial charge in [-0.2, -0.15) is 0 Å². The van der Waals surface area contributed by atoms with Crippen molar-refractivity contribution in [3.05, 3.63) is 176 Å². The monoisotopic (exact) mass is 611 g/mol. The summed E-state index contributed by atoms with van der Waals surface area (Å²) in [5.41, 5.74) is 7.57. The summed E-state index contributed by atoms with van der Waals surface area (Å²) in [6.07, 6.45) is 0. The van der Waals surface area contributed by atoms with Crippen LogP contribution in [0.3, 0.4) is 0 Å². The highest BCUT2D eigenvalue weighted by molar-refractivity contribution is 6.25. The molecule has 8 aromatic carbocycles. The quantitative estimate of drug-likeness (QED) is 0.182. The predicted octanol–water partition coefficient (Wildman–Crippen LogP) is 11.7. The van der Waals surface area contributed by atoms with E-state index in [2.05, 4.69) is 115 Å². The Morgan fingerprint density at radius 1 is 0.229 bits per heavy atom. The van der Waals surface area contributed by atoms with Crippen LogP contribution in [0.5, 0.6) is 0 Å². The molecule has 0 aliphatic carbocycles. The van der Waals surface area contributed by atoms with Crippen molar-refractivity contribution < 1.29 is 0 Å². The van der Waals surface area contributed by atoms with Gasteiger partial charge in [-0.05, 0) is 60.6 Å². The Morgan fingerprint density at radius 3 is 1.06 bits per heavy atom. The van der Waals surface area contributed by atoms with Gasteiger partial charge < -0.3 is 0 Å². The van der Waals surface area contributed by atoms with Gasteiger partial charge >= 0.3 is 0 Å². The molecule has 0 bridgehead atoms. The minimum absolute atomic E-state index is 0.649. The van der Waals surface area contributed by atoms with Crippen LogP contribution in [0.25, 0.3) is 88.7 Å². The first-order chi connectivity index (χ1) is 23.8. The first-order valence-corrected chi connectivity index (χ1v) is 16.2. The lowest BCUT2D eigenvalue weighted by Gasteiger charge is -2.14. The molecule has 0 aliphatic heterocycles. The summed E-state index contributed by atoms with van der Waals surface area (Å²) in [4.78, 5) is 14.7. The molecule has 0 unspecified atom stereocenters. The van der Waals surface area contributed by atoms with Gasteiger partial charge in [0.05, 0.1) is 0 Å². The lowest BCUT2D eigenvalue weighted by Crippen LogP contribution is -2.00. The lowest BCUT2D eigenvalue weighted by atomic mass is 9.89. The number of fused-ring (bicyclic) bond motifs is 6. The van der Waals surface area contributed by atoms with E-state index in [-0.39, 0.29) is 0 Å². The highest BCUT2D eigenvalue weighted by Crippen LogP contribution is 2.39. The van der Waals surface area contributed by atoms with Gasteiger partial charge in [0.2, 0.25) is 0 Å². The molecule has 0 aliphatic rings. The Morgan fingerprint density at radius 2 is 0.562 bits per heavy atom. The van der Waals surface area contributed by atoms with E-state index in [1.807, 2.05) is 60.7 Å². The fraction of sp³-hybridized carbons (Fsp3) is 0. The van der Waals surface area contributed by atoms with E-state index in [1.165, 1.54) is 49.0 Å². The summed E-state index contributed by atoms with van der Waals surface area (Å²) in [6.45, 7) is 0. The van der Waals surface area contributed by atoms with Crippen molar-refractivity contribution >= 4 is 32.3 Å². The number of hydrogen-bond donors (Lipinski definition) is 0. The maximum absolute atomic E-state index is 4.92. The Bertz CT molecular complexity index is 2500. The molecule has 0 amide bonds. The highest BCUT2D eigenvalue weighted by Gasteiger charge is 2.15. The van der Waals surface area contributed by atoms with Crippen molar-refractivity contribution in [1.82, 2.24) is 15.0 Å². The molecular weight excluding hydrogens is 583 g/mol. The molecule has 9 rings (SSSR count). The van der Waals surface area contributed by atoms with Crippen molar-refractivity contribution in [2.24, 2.45) is 0 Å². The molecule has 48 heavy (non-hydrogen) atoms. The predicted molar refractivity (Wildman–Crippen MR) is 200 cm³/mol. The number of benzene rings is 8. The SMILES string of the molecule is c1ccc(-c2nc(-c3ccccc3)nc(-c3ccc(-c4ccccc4-c4ccc5c6ccccc6c6ccccc6c5c4)cc3)n2)cc1. The molecule has 0 saturated carbocycles. The van der Waals surface area contributed by atoms with Crippen LogP contribution in [-0.2, 0) is 0 Å². The van der Waals surface area contributed by atoms with Crippen LogP contribution < -0.4 is 0 Å². The van der Waals surface area contributed by atoms with Gasteiger partial charge in [0.25, 0.3) is 0 Å². The van der Waals surface area contributed by atoms with Gasteiger partial charge in [-0.15, -0.1) is 0 Å². The van der Waals surface area contributed by atoms with Crippen LogP contribution in [0.4, 0.5) is 0 Å². The molecule has 3 nitrogen and oxygen atoms in total. The minimum Gasteiger partial charge on any atom is -0.208 e. The molecule has 0 atom stereocenters. The molecule has 224 valence electrons. The van der Waals surface area contributed by atoms with Gasteiger partial charge in [-0.25, -0.2) is 15.0 Å². The van der Waals surface area contributed by atoms with Crippen molar-refractivity contribution in [3.8, 4) is 56.4 Å². The van der Waals surface area contributed by atoms with E-state index in [1.54, 1.807) is 0 Å². The third kappa shape index (κ3) is 4.90. The van der Waals surface area contributed by atoms with E-state index in [0.29, 0.717) is 17.5 Å². The third-order valence-corrected chi connectivity index (χ3v) is 9.14. The summed E-state index contributed by atoms with van der Waals surface area (Å²) >= 11 is 0. The Kier molecular flexibility index (Phi) is 6.80. The molecule has 9 aromatic rings. The van der Waals surface area contributed by atoms with Gasteiger partial charge in [-0.1, -0.05) is 170 Å². The molecule has 0 N–H and O–H groups in total. The van der Waals surface area contributed by atoms with Crippen molar-refractivity contribution in [2.45, 2.75) is 0 Å². The summed E-state index contributed by atoms with van der Waals surface area (Å²) in [5.74, 6) is 1.96. The van der Waals surface area contributed by atoms with Crippen molar-refractivity contribution in [3.63, 3.8) is 0 Å². The lowest BCUT2D eigenvalue weighted by molar-refractivity contribution is 1.07. The molecular formula is C45H29N3. The van der Waals surface area contributed by atoms with E-state index in [0.717, 1.165) is 22.3 Å². The second-order valence-electron chi connectivity index (χ2n) is 12.0. The first-order valence-electron chi connectivity index (χ1n) is 16.2. The average Bonchev–Trinajstić information content (AvgIpc) is 3.18. The molecule has 1 heterocycles. The molecule has 0 radical (unpaired) electrons. The average molecular weight is 612 g/mol. The Balaban J connectivity index is 1.14. The summed E-state index contributed by atoms with van der Waals surface area (Å²) < 4.78 is 0. The molecule has 0 fully saturated rings. The zero-order valence-electron chi connectivity index (χ0n) is 26.1. The van der Waals surface area contributed by atoms with Crippen LogP contribution in [-0.4, -0.2) is 15.0 Å². The minimum atomic E-state index is 0.649. The van der Waals surface area contributed by atoms with Gasteiger partial charge in [0.15, 0.2) is 17.5 Å². The molecule has 1 aromatic heterocycles. The van der Waals surface area contributed by atoms with Crippen molar-refractivity contribution in [1.29, 1.82) is 0 Å². The topological polar surface area (TPSA) is 38.7 Å². The molecule has 3 heteroatoms. The smallest absolute Gasteiger partial charge is 0.164 e. The second kappa shape index (κ2) is 11.7. The highest BCUT2D eigenvalue weighted by atomic mass is 15.0. The molecule has 0 saturated heterocycles. The van der Waals surface area contributed by atoms with Crippen molar-refractivity contribution in [2.75, 3.05) is 0 Å². The van der Waals surface area contributed by atoms with Gasteiger partial charge in [0.1, 0.15) is 0 Å². The zero-order chi connectivity index (χ0) is 31.9. The zero-order valence-corrected chi connectivity index (χ0v) is 26.1. The summed E-state index contributed by atoms with van der Waals surface area (Å²) in [5, 5.41) is 7.68. The number of nitrogens with zero attached hydrogens (tertiary/aromatic N) is 3. The largest absolute Gasteiger partial charge is 0.208 e. The standard InChI is InChI=1S/C45H29N3/c1-3-13-31(14-4-1)43-46-44(32-15-5-2-6-16-32)48-45(47-43)33-25-23-30(24-26-33)35-17-7-8-18-36(35)34-27-28-41-39-21-10-9-19-37(39)38-20-11-12-22-40(38)42(41)29-34/h1-29H. The fourth-order valence-electron chi connectivity index (χ4n) is 6.80. The fourth-order valence-corrected chi connectivity index (χ4v) is 6.80. The number of hydrogen-bond acceptors (Lipinski definition) is 3. The van der Waals surface area contributed by atoms with Crippen LogP contribution in [0, 0.1) is 0 Å². The number of rotatable bonds is 5. The maximum atomic E-state index is 4.92. The van der Waals surface area contributed by atoms with E-state index in [4.69, 9.17) is 15.0 Å². The second-order valence-corrected chi connectivity index (χ2v) is 12.0. The first kappa shape index (κ1) is 27.8. The maximum Gasteiger partial charge on any atom is 0.164 e. The van der Waals surface area contributed by atoms with Gasteiger partial charge in [0, 0.05) is 16.7 Å². The Hall–Kier alpha value is -6.45. The van der Waals surface area contributed by atoms with Crippen LogP contribution >= 0.6 is 0 Å². The van der Waals surface area contributed by atoms with Crippen LogP contribution in [0.15, 0.2) is 176 Å². The van der Waals surface area contributed by atoms with E-state index >= 15 is 0 Å². The van der Waals surface area contributed by atoms with E-state index < -0.39 is 0 Å². The van der Waals surface area contributed by atoms with Crippen LogP contribution in [0.1, 0.15) is 0 Å². The Labute approximate surface area is 278 Å². The number of aromatic nitrogens is 3. The third-order valence-electron chi connectivity index (χ3n) is 9.14. The van der Waals surface area contributed by atoms with Gasteiger partial charge in [-0.3, -0.25) is 0 Å². The normalized spacial score (nSPS) is 11.3. The summed E-state index contributed by atoms with van der Waals surface area (Å²) in [6, 6.07) is 61.8. The summed E-state index contributed by atoms with van der Waals surface area (Å²) in [7, 11) is 0. The van der Waals surface area contributed by atoms with Crippen LogP contribution in [0.2, 0.25) is 0 Å². The molecule has 0 spiro atoms. The van der Waals surface area contributed by atoms with E-state index in [9.17, 15) is 0 Å².